The van der Waals surface area contributed by atoms with Crippen molar-refractivity contribution in [1.29, 1.82) is 0 Å². The average Bonchev–Trinajstić information content (AvgIpc) is 3.52. The summed E-state index contributed by atoms with van der Waals surface area (Å²) in [6.07, 6.45) is -5.83. The predicted octanol–water partition coefficient (Wildman–Crippen LogP) is 6.02. The van der Waals surface area contributed by atoms with Gasteiger partial charge in [0.15, 0.2) is 0 Å². The van der Waals surface area contributed by atoms with Crippen LogP contribution in [0.25, 0.3) is 22.7 Å². The van der Waals surface area contributed by atoms with Crippen molar-refractivity contribution in [1.82, 2.24) is 33.8 Å². The molecule has 234 valence electrons. The molecule has 0 unspecified atom stereocenters. The molecule has 0 spiro atoms. The maximum absolute atomic E-state index is 14.2. The first kappa shape index (κ1) is 30.6. The molecule has 1 atom stereocenters. The van der Waals surface area contributed by atoms with Crippen molar-refractivity contribution in [2.24, 2.45) is 0 Å². The van der Waals surface area contributed by atoms with Crippen molar-refractivity contribution in [2.45, 2.75) is 58.9 Å². The normalized spacial score (nSPS) is 15.2. The van der Waals surface area contributed by atoms with E-state index in [1.165, 1.54) is 37.2 Å². The molecule has 0 fully saturated rings. The number of amides is 1. The van der Waals surface area contributed by atoms with Crippen LogP contribution in [0.1, 0.15) is 45.5 Å². The van der Waals surface area contributed by atoms with Gasteiger partial charge in [0.2, 0.25) is 5.95 Å². The van der Waals surface area contributed by atoms with E-state index in [2.05, 4.69) is 26.0 Å². The molecule has 1 amide bonds. The number of rotatable bonds is 5. The molecule has 0 bridgehead atoms. The second-order valence-electron chi connectivity index (χ2n) is 11.0. The number of carbonyl (C=O) groups excluding carboxylic acids is 1. The van der Waals surface area contributed by atoms with Gasteiger partial charge < -0.3 is 9.47 Å². The summed E-state index contributed by atoms with van der Waals surface area (Å²) in [5.74, 6) is -0.504. The van der Waals surface area contributed by atoms with Gasteiger partial charge in [-0.05, 0) is 69.7 Å². The van der Waals surface area contributed by atoms with Crippen LogP contribution in [0.5, 0.6) is 0 Å². The molecule has 4 heterocycles. The summed E-state index contributed by atoms with van der Waals surface area (Å²) in [4.78, 5) is 38.2. The summed E-state index contributed by atoms with van der Waals surface area (Å²) in [6.45, 7) is 4.63. The Kier molecular flexibility index (Phi) is 7.62. The Morgan fingerprint density at radius 3 is 2.53 bits per heavy atom. The minimum absolute atomic E-state index is 0.0955. The van der Waals surface area contributed by atoms with Gasteiger partial charge in [0, 0.05) is 27.3 Å². The van der Waals surface area contributed by atoms with Gasteiger partial charge in [0.1, 0.15) is 0 Å². The first-order valence-corrected chi connectivity index (χ1v) is 14.6. The minimum atomic E-state index is -4.67. The van der Waals surface area contributed by atoms with Gasteiger partial charge in [-0.15, -0.1) is 0 Å². The Labute approximate surface area is 261 Å². The second kappa shape index (κ2) is 11.2. The van der Waals surface area contributed by atoms with E-state index in [0.29, 0.717) is 39.4 Å². The minimum Gasteiger partial charge on any atom is -0.330 e. The van der Waals surface area contributed by atoms with Crippen LogP contribution in [0.4, 0.5) is 22.0 Å². The number of halogens is 6. The molecule has 5 aromatic rings. The molecule has 9 nitrogen and oxygen atoms in total. The van der Waals surface area contributed by atoms with Crippen LogP contribution in [0, 0.1) is 13.8 Å². The fraction of sp³-hybridized carbons (Fsp3) is 0.300. The Hall–Kier alpha value is -4.40. The lowest BCUT2D eigenvalue weighted by Gasteiger charge is -2.34. The monoisotopic (exact) mass is 689 g/mol. The molecule has 3 aromatic heterocycles. The highest BCUT2D eigenvalue weighted by Gasteiger charge is 2.36. The molecule has 45 heavy (non-hydrogen) atoms. The van der Waals surface area contributed by atoms with Crippen molar-refractivity contribution in [3.63, 3.8) is 0 Å². The maximum Gasteiger partial charge on any atom is 0.417 e. The van der Waals surface area contributed by atoms with Crippen LogP contribution in [-0.2, 0) is 25.7 Å². The van der Waals surface area contributed by atoms with Gasteiger partial charge in [0.25, 0.3) is 17.9 Å². The summed E-state index contributed by atoms with van der Waals surface area (Å²) < 4.78 is 70.8. The van der Waals surface area contributed by atoms with Crippen LogP contribution in [0.15, 0.2) is 58.1 Å². The summed E-state index contributed by atoms with van der Waals surface area (Å²) in [6, 6.07) is 9.39. The largest absolute Gasteiger partial charge is 0.417 e. The zero-order valence-corrected chi connectivity index (χ0v) is 25.7. The maximum atomic E-state index is 14.2. The lowest BCUT2D eigenvalue weighted by Crippen LogP contribution is -2.46. The molecule has 1 aliphatic heterocycles. The molecule has 15 heteroatoms. The summed E-state index contributed by atoms with van der Waals surface area (Å²) >= 11 is 2.90. The highest BCUT2D eigenvalue weighted by molar-refractivity contribution is 9.10. The highest BCUT2D eigenvalue weighted by Crippen LogP contribution is 2.36. The van der Waals surface area contributed by atoms with Gasteiger partial charge >= 0.3 is 6.18 Å². The molecule has 1 aliphatic rings. The van der Waals surface area contributed by atoms with E-state index in [1.807, 2.05) is 0 Å². The number of fused-ring (bicyclic) bond motifs is 2. The van der Waals surface area contributed by atoms with Crippen LogP contribution in [0.3, 0.4) is 0 Å². The molecule has 0 saturated heterocycles. The molecular formula is C30H25BrF5N7O2. The molecule has 2 aromatic carbocycles. The summed E-state index contributed by atoms with van der Waals surface area (Å²) in [5, 5.41) is 4.51. The smallest absolute Gasteiger partial charge is 0.330 e. The number of benzene rings is 2. The SMILES string of the molecule is Cc1cc(C)n(-c2nc3c(c(=O)n2-c2ccc4c(c2)ncn4CC(F)F)C[C@@H](C)N(C(=O)c2ccc(Br)c(C(F)(F)F)c2)C3)n1. The third-order valence-electron chi connectivity index (χ3n) is 7.77. The van der Waals surface area contributed by atoms with Crippen LogP contribution < -0.4 is 5.56 Å². The van der Waals surface area contributed by atoms with Gasteiger partial charge in [-0.1, -0.05) is 15.9 Å². The number of imidazole rings is 1. The zero-order valence-electron chi connectivity index (χ0n) is 24.1. The van der Waals surface area contributed by atoms with E-state index in [0.717, 1.165) is 6.07 Å². The van der Waals surface area contributed by atoms with Crippen LogP contribution in [0.2, 0.25) is 0 Å². The first-order valence-electron chi connectivity index (χ1n) is 13.8. The first-order chi connectivity index (χ1) is 21.2. The predicted molar refractivity (Wildman–Crippen MR) is 158 cm³/mol. The van der Waals surface area contributed by atoms with Crippen LogP contribution >= 0.6 is 15.9 Å². The van der Waals surface area contributed by atoms with Gasteiger partial charge in [-0.3, -0.25) is 9.59 Å². The van der Waals surface area contributed by atoms with Crippen molar-refractivity contribution in [3.05, 3.63) is 97.4 Å². The topological polar surface area (TPSA) is 90.8 Å². The lowest BCUT2D eigenvalue weighted by molar-refractivity contribution is -0.138. The van der Waals surface area contributed by atoms with Crippen molar-refractivity contribution < 1.29 is 26.7 Å². The number of nitrogens with zero attached hydrogens (tertiary/aromatic N) is 7. The Balaban J connectivity index is 1.47. The number of alkyl halides is 5. The number of aromatic nitrogens is 6. The van der Waals surface area contributed by atoms with E-state index < -0.39 is 42.2 Å². The Morgan fingerprint density at radius 1 is 1.11 bits per heavy atom. The molecule has 0 aliphatic carbocycles. The van der Waals surface area contributed by atoms with E-state index in [9.17, 15) is 31.5 Å². The second-order valence-corrected chi connectivity index (χ2v) is 11.8. The van der Waals surface area contributed by atoms with Gasteiger partial charge in [-0.25, -0.2) is 28.0 Å². The lowest BCUT2D eigenvalue weighted by atomic mass is 9.98. The number of hydrogen-bond acceptors (Lipinski definition) is 5. The Morgan fingerprint density at radius 2 is 1.87 bits per heavy atom. The van der Waals surface area contributed by atoms with Crippen molar-refractivity contribution in [2.75, 3.05) is 0 Å². The number of hydrogen-bond donors (Lipinski definition) is 0. The zero-order chi connectivity index (χ0) is 32.4. The fourth-order valence-electron chi connectivity index (χ4n) is 5.65. The summed E-state index contributed by atoms with van der Waals surface area (Å²) in [7, 11) is 0. The van der Waals surface area contributed by atoms with Gasteiger partial charge in [-0.2, -0.15) is 18.3 Å². The van der Waals surface area contributed by atoms with Crippen molar-refractivity contribution in [3.8, 4) is 11.6 Å². The molecule has 0 saturated carbocycles. The van der Waals surface area contributed by atoms with Crippen LogP contribution in [-0.4, -0.2) is 52.2 Å². The molecule has 6 rings (SSSR count). The van der Waals surface area contributed by atoms with E-state index >= 15 is 0 Å². The number of aryl methyl sites for hydroxylation is 2. The number of carbonyl (C=O) groups is 1. The highest BCUT2D eigenvalue weighted by atomic mass is 79.9. The van der Waals surface area contributed by atoms with E-state index in [1.54, 1.807) is 45.0 Å². The standard InChI is InChI=1S/C30H25BrF5N7O2/c1-15-8-17(3)43(39-15)29-38-24-12-41(27(44)18-4-6-22(31)21(10-18)30(34,35)36)16(2)9-20(24)28(45)42(29)19-5-7-25-23(11-19)37-14-40(25)13-26(32)33/h4-8,10-11,14,16,26H,9,12-13H2,1-3H3/t16-/m1/s1. The Bertz CT molecular complexity index is 2030. The van der Waals surface area contributed by atoms with E-state index in [4.69, 9.17) is 4.98 Å². The molecule has 0 N–H and O–H groups in total. The third kappa shape index (κ3) is 5.53. The van der Waals surface area contributed by atoms with Gasteiger partial charge in [0.05, 0.1) is 53.1 Å². The third-order valence-corrected chi connectivity index (χ3v) is 8.46. The summed E-state index contributed by atoms with van der Waals surface area (Å²) in [5.41, 5.74) is 1.67. The van der Waals surface area contributed by atoms with Crippen molar-refractivity contribution >= 4 is 32.9 Å². The fourth-order valence-corrected chi connectivity index (χ4v) is 6.12. The average molecular weight is 690 g/mol. The molecule has 0 radical (unpaired) electrons. The van der Waals surface area contributed by atoms with E-state index in [-0.39, 0.29) is 29.0 Å². The molecular weight excluding hydrogens is 665 g/mol. The quantitative estimate of drug-likeness (QED) is 0.211.